The van der Waals surface area contributed by atoms with Crippen molar-refractivity contribution in [2.24, 2.45) is 28.6 Å². The largest absolute Gasteiger partial charge is 0.478 e. The van der Waals surface area contributed by atoms with Gasteiger partial charge in [-0.1, -0.05) is 19.9 Å². The highest BCUT2D eigenvalue weighted by Crippen LogP contribution is 2.71. The van der Waals surface area contributed by atoms with Crippen LogP contribution in [0, 0.1) is 28.6 Å². The number of hydrogen-bond donors (Lipinski definition) is 2. The molecule has 0 unspecified atom stereocenters. The van der Waals surface area contributed by atoms with Crippen molar-refractivity contribution in [1.29, 1.82) is 0 Å². The van der Waals surface area contributed by atoms with Crippen LogP contribution in [0.4, 0.5) is 8.78 Å². The van der Waals surface area contributed by atoms with E-state index in [1.807, 2.05) is 0 Å². The Morgan fingerprint density at radius 3 is 2.45 bits per heavy atom. The van der Waals surface area contributed by atoms with E-state index in [9.17, 15) is 24.6 Å². The summed E-state index contributed by atoms with van der Waals surface area (Å²) >= 11 is 0. The van der Waals surface area contributed by atoms with E-state index < -0.39 is 69.9 Å². The fourth-order valence-corrected chi connectivity index (χ4v) is 7.47. The van der Waals surface area contributed by atoms with Gasteiger partial charge >= 0.3 is 11.9 Å². The van der Waals surface area contributed by atoms with Crippen molar-refractivity contribution in [2.45, 2.75) is 70.5 Å². The Kier molecular flexibility index (Phi) is 4.61. The first-order chi connectivity index (χ1) is 14.3. The van der Waals surface area contributed by atoms with E-state index in [2.05, 4.69) is 0 Å². The molecule has 2 N–H and O–H groups in total. The molecule has 0 aromatic heterocycles. The molecule has 0 spiro atoms. The van der Waals surface area contributed by atoms with Crippen molar-refractivity contribution < 1.29 is 38.1 Å². The van der Waals surface area contributed by atoms with Gasteiger partial charge in [-0.05, 0) is 49.8 Å². The van der Waals surface area contributed by atoms with E-state index in [1.54, 1.807) is 13.8 Å². The molecular weight excluding hydrogens is 410 g/mol. The number of hydrogen-bond acceptors (Lipinski definition) is 5. The number of aliphatic hydroxyl groups is 1. The number of carbonyl (C=O) groups excluding carboxylic acids is 2. The van der Waals surface area contributed by atoms with Gasteiger partial charge in [0, 0.05) is 29.6 Å². The minimum absolute atomic E-state index is 0.0110. The molecule has 6 nitrogen and oxygen atoms in total. The summed E-state index contributed by atoms with van der Waals surface area (Å²) in [4.78, 5) is 36.2. The molecule has 0 bridgehead atoms. The predicted octanol–water partition coefficient (Wildman–Crippen LogP) is 2.94. The smallest absolute Gasteiger partial charge is 0.349 e. The average molecular weight is 438 g/mol. The molecule has 0 radical (unpaired) electrons. The fraction of sp³-hybridized carbons (Fsp3) is 0.696. The Bertz CT molecular complexity index is 929. The van der Waals surface area contributed by atoms with Gasteiger partial charge in [0.1, 0.15) is 6.17 Å². The summed E-state index contributed by atoms with van der Waals surface area (Å²) in [5, 5.41) is 21.4. The van der Waals surface area contributed by atoms with Crippen molar-refractivity contribution in [2.75, 3.05) is 0 Å². The lowest BCUT2D eigenvalue weighted by Gasteiger charge is -2.62. The van der Waals surface area contributed by atoms with E-state index in [-0.39, 0.29) is 24.8 Å². The number of rotatable bonds is 2. The molecule has 0 amide bonds. The number of ketones is 1. The van der Waals surface area contributed by atoms with Crippen LogP contribution in [0.5, 0.6) is 0 Å². The minimum Gasteiger partial charge on any atom is -0.478 e. The summed E-state index contributed by atoms with van der Waals surface area (Å²) in [5.74, 6) is -4.88. The van der Waals surface area contributed by atoms with Gasteiger partial charge in [-0.3, -0.25) is 9.59 Å². The van der Waals surface area contributed by atoms with Gasteiger partial charge in [-0.25, -0.2) is 13.6 Å². The second-order valence-corrected chi connectivity index (χ2v) is 10.1. The molecule has 0 saturated heterocycles. The molecule has 3 fully saturated rings. The fourth-order valence-electron chi connectivity index (χ4n) is 7.47. The van der Waals surface area contributed by atoms with Crippen molar-refractivity contribution >= 4 is 17.7 Å². The molecule has 8 heteroatoms. The lowest BCUT2D eigenvalue weighted by Crippen LogP contribution is -2.70. The molecule has 0 aromatic rings. The van der Waals surface area contributed by atoms with Crippen LogP contribution in [0.2, 0.25) is 0 Å². The second kappa shape index (κ2) is 6.47. The highest BCUT2D eigenvalue weighted by atomic mass is 19.1. The standard InChI is InChI=1S/C23H28F2O6/c1-11-7-14-15-9-17(24)16-8-13(27)5-6-20(16,3)22(15,25)18(28)10-21(14,4)23(11,19(29)30)31-12(2)26/h5-6,8,11,14-15,17-18,28H,7,9-10H2,1-4H3,(H,29,30)/t11-,14+,15+,17-,18-,20-,21-,22+,23+/m0/s1. The molecule has 4 aliphatic rings. The number of carboxylic acid groups (broad SMARTS) is 1. The molecule has 3 saturated carbocycles. The van der Waals surface area contributed by atoms with Gasteiger partial charge in [0.15, 0.2) is 11.5 Å². The Morgan fingerprint density at radius 2 is 1.87 bits per heavy atom. The maximum Gasteiger partial charge on any atom is 0.349 e. The summed E-state index contributed by atoms with van der Waals surface area (Å²) in [6, 6.07) is 0. The number of fused-ring (bicyclic) bond motifs is 5. The number of alkyl halides is 2. The molecule has 9 atom stereocenters. The number of halogens is 2. The molecule has 170 valence electrons. The summed E-state index contributed by atoms with van der Waals surface area (Å²) in [5.41, 5.74) is -7.07. The van der Waals surface area contributed by atoms with Crippen LogP contribution in [0.25, 0.3) is 0 Å². The summed E-state index contributed by atoms with van der Waals surface area (Å²) in [6.45, 7) is 5.84. The maximum atomic E-state index is 17.0. The minimum atomic E-state index is -2.30. The van der Waals surface area contributed by atoms with Crippen LogP contribution < -0.4 is 0 Å². The van der Waals surface area contributed by atoms with Crippen molar-refractivity contribution in [3.05, 3.63) is 23.8 Å². The first kappa shape index (κ1) is 22.1. The summed E-state index contributed by atoms with van der Waals surface area (Å²) < 4.78 is 37.8. The highest BCUT2D eigenvalue weighted by Gasteiger charge is 2.78. The third-order valence-electron chi connectivity index (χ3n) is 8.79. The van der Waals surface area contributed by atoms with E-state index >= 15 is 8.78 Å². The number of carbonyl (C=O) groups is 3. The molecule has 0 aromatic carbocycles. The second-order valence-electron chi connectivity index (χ2n) is 10.1. The predicted molar refractivity (Wildman–Crippen MR) is 105 cm³/mol. The molecule has 0 heterocycles. The zero-order valence-electron chi connectivity index (χ0n) is 18.0. The Labute approximate surface area is 179 Å². The van der Waals surface area contributed by atoms with Crippen molar-refractivity contribution in [3.8, 4) is 0 Å². The van der Waals surface area contributed by atoms with E-state index in [0.29, 0.717) is 0 Å². The quantitative estimate of drug-likeness (QED) is 0.643. The lowest BCUT2D eigenvalue weighted by atomic mass is 9.44. The lowest BCUT2D eigenvalue weighted by molar-refractivity contribution is -0.236. The van der Waals surface area contributed by atoms with Gasteiger partial charge in [-0.15, -0.1) is 0 Å². The van der Waals surface area contributed by atoms with E-state index in [4.69, 9.17) is 4.74 Å². The highest BCUT2D eigenvalue weighted by molar-refractivity contribution is 6.01. The Hall–Kier alpha value is -2.09. The van der Waals surface area contributed by atoms with Crippen LogP contribution in [0.15, 0.2) is 23.8 Å². The third-order valence-corrected chi connectivity index (χ3v) is 8.79. The van der Waals surface area contributed by atoms with Gasteiger partial charge in [0.25, 0.3) is 0 Å². The first-order valence-electron chi connectivity index (χ1n) is 10.6. The zero-order chi connectivity index (χ0) is 23.1. The monoisotopic (exact) mass is 438 g/mol. The third kappa shape index (κ3) is 2.42. The van der Waals surface area contributed by atoms with Crippen LogP contribution in [0.1, 0.15) is 47.0 Å². The number of ether oxygens (including phenoxy) is 1. The zero-order valence-corrected chi connectivity index (χ0v) is 18.0. The average Bonchev–Trinajstić information content (AvgIpc) is 2.87. The van der Waals surface area contributed by atoms with Crippen molar-refractivity contribution in [1.82, 2.24) is 0 Å². The molecule has 31 heavy (non-hydrogen) atoms. The van der Waals surface area contributed by atoms with Gasteiger partial charge in [-0.2, -0.15) is 0 Å². The Balaban J connectivity index is 1.89. The first-order valence-corrected chi connectivity index (χ1v) is 10.6. The van der Waals surface area contributed by atoms with E-state index in [0.717, 1.165) is 13.0 Å². The van der Waals surface area contributed by atoms with Gasteiger partial charge in [0.2, 0.25) is 5.60 Å². The van der Waals surface area contributed by atoms with Gasteiger partial charge in [0.05, 0.1) is 6.10 Å². The normalized spacial score (nSPS) is 50.7. The number of allylic oxidation sites excluding steroid dienone is 4. The van der Waals surface area contributed by atoms with Crippen LogP contribution in [-0.4, -0.2) is 51.5 Å². The van der Waals surface area contributed by atoms with Crippen molar-refractivity contribution in [3.63, 3.8) is 0 Å². The van der Waals surface area contributed by atoms with Crippen LogP contribution in [-0.2, 0) is 19.1 Å². The van der Waals surface area contributed by atoms with Crippen LogP contribution >= 0.6 is 0 Å². The van der Waals surface area contributed by atoms with Crippen LogP contribution in [0.3, 0.4) is 0 Å². The molecule has 0 aliphatic heterocycles. The number of carboxylic acids is 1. The number of esters is 1. The molecule has 4 aliphatic carbocycles. The Morgan fingerprint density at radius 1 is 1.23 bits per heavy atom. The molecule has 4 rings (SSSR count). The summed E-state index contributed by atoms with van der Waals surface area (Å²) in [7, 11) is 0. The van der Waals surface area contributed by atoms with E-state index in [1.165, 1.54) is 19.1 Å². The topological polar surface area (TPSA) is 101 Å². The maximum absolute atomic E-state index is 17.0. The summed E-state index contributed by atoms with van der Waals surface area (Å²) in [6.07, 6.45) is 0.0600. The number of aliphatic carboxylic acids is 1. The molecular formula is C23H28F2O6. The van der Waals surface area contributed by atoms with Gasteiger partial charge < -0.3 is 14.9 Å². The SMILES string of the molecule is CC(=O)O[C@@]1(C(=O)O)[C@@H](C)C[C@@H]2[C@H]3C[C@H](F)C4=CC(=O)C=C[C@]4(C)[C@]3(F)[C@@H](O)C[C@@]21C. The number of aliphatic hydroxyl groups excluding tert-OH is 1.